The minimum absolute atomic E-state index is 0.110. The van der Waals surface area contributed by atoms with E-state index in [0.717, 1.165) is 57.8 Å². The van der Waals surface area contributed by atoms with Crippen LogP contribution in [0, 0.1) is 11.8 Å². The molecule has 0 bridgehead atoms. The van der Waals surface area contributed by atoms with Crippen molar-refractivity contribution in [3.8, 4) is 0 Å². The summed E-state index contributed by atoms with van der Waals surface area (Å²) in [6.45, 7) is 2.15. The van der Waals surface area contributed by atoms with E-state index in [9.17, 15) is 24.6 Å². The molecular formula is C21H34O5. The minimum atomic E-state index is -1.23. The average Bonchev–Trinajstić information content (AvgIpc) is 2.61. The Kier molecular flexibility index (Phi) is 10.9. The third-order valence-electron chi connectivity index (χ3n) is 5.23. The van der Waals surface area contributed by atoms with Crippen molar-refractivity contribution in [1.29, 1.82) is 0 Å². The molecule has 0 radical (unpaired) electrons. The molecule has 5 heteroatoms. The van der Waals surface area contributed by atoms with Crippen LogP contribution in [0.25, 0.3) is 0 Å². The highest BCUT2D eigenvalue weighted by Gasteiger charge is 2.30. The number of allylic oxidation sites excluding steroid dienone is 1. The van der Waals surface area contributed by atoms with E-state index >= 15 is 0 Å². The minimum Gasteiger partial charge on any atom is -0.481 e. The molecule has 1 fully saturated rings. The maximum atomic E-state index is 12.2. The van der Waals surface area contributed by atoms with E-state index in [1.54, 1.807) is 6.08 Å². The fraction of sp³-hybridized carbons (Fsp3) is 0.762. The topological polar surface area (TPSA) is 91.7 Å². The maximum Gasteiger partial charge on any atom is 0.332 e. The third kappa shape index (κ3) is 8.63. The van der Waals surface area contributed by atoms with E-state index in [-0.39, 0.29) is 23.7 Å². The summed E-state index contributed by atoms with van der Waals surface area (Å²) in [5.74, 6) is -3.70. The van der Waals surface area contributed by atoms with E-state index in [0.29, 0.717) is 6.42 Å². The molecule has 26 heavy (non-hydrogen) atoms. The van der Waals surface area contributed by atoms with E-state index in [2.05, 4.69) is 6.92 Å². The van der Waals surface area contributed by atoms with Gasteiger partial charge in [0.2, 0.25) is 0 Å². The lowest BCUT2D eigenvalue weighted by Gasteiger charge is -2.21. The smallest absolute Gasteiger partial charge is 0.332 e. The summed E-state index contributed by atoms with van der Waals surface area (Å²) in [5, 5.41) is 19.0. The van der Waals surface area contributed by atoms with E-state index in [1.165, 1.54) is 12.8 Å². The molecule has 5 nitrogen and oxygen atoms in total. The molecule has 0 spiro atoms. The number of hydrogen-bond donors (Lipinski definition) is 2. The van der Waals surface area contributed by atoms with Crippen molar-refractivity contribution in [2.24, 2.45) is 11.8 Å². The number of carbonyl (C=O) groups is 3. The number of aliphatic carboxylic acids is 2. The van der Waals surface area contributed by atoms with Crippen LogP contribution in [0.3, 0.4) is 0 Å². The highest BCUT2D eigenvalue weighted by molar-refractivity contribution is 5.96. The van der Waals surface area contributed by atoms with Crippen molar-refractivity contribution in [2.75, 3.05) is 0 Å². The van der Waals surface area contributed by atoms with Gasteiger partial charge < -0.3 is 10.2 Å². The van der Waals surface area contributed by atoms with Crippen molar-refractivity contribution in [2.45, 2.75) is 90.4 Å². The molecule has 1 aliphatic carbocycles. The van der Waals surface area contributed by atoms with Gasteiger partial charge in [0.05, 0.1) is 5.92 Å². The van der Waals surface area contributed by atoms with Crippen LogP contribution in [-0.2, 0) is 14.4 Å². The van der Waals surface area contributed by atoms with Gasteiger partial charge in [-0.15, -0.1) is 0 Å². The van der Waals surface area contributed by atoms with Crippen molar-refractivity contribution >= 4 is 17.7 Å². The Bertz CT molecular complexity index is 489. The van der Waals surface area contributed by atoms with E-state index in [1.807, 2.05) is 0 Å². The second-order valence-corrected chi connectivity index (χ2v) is 7.48. The Hall–Kier alpha value is -1.65. The first-order valence-corrected chi connectivity index (χ1v) is 10.1. The largest absolute Gasteiger partial charge is 0.481 e. The summed E-state index contributed by atoms with van der Waals surface area (Å²) in [7, 11) is 0. The first-order valence-electron chi connectivity index (χ1n) is 10.1. The predicted octanol–water partition coefficient (Wildman–Crippen LogP) is 4.99. The van der Waals surface area contributed by atoms with Crippen LogP contribution in [0.1, 0.15) is 90.4 Å². The number of ketones is 1. The van der Waals surface area contributed by atoms with Gasteiger partial charge in [0.15, 0.2) is 0 Å². The summed E-state index contributed by atoms with van der Waals surface area (Å²) in [5.41, 5.74) is -0.110. The molecular weight excluding hydrogens is 332 g/mol. The molecule has 1 atom stereocenters. The van der Waals surface area contributed by atoms with Crippen molar-refractivity contribution in [3.63, 3.8) is 0 Å². The average molecular weight is 366 g/mol. The van der Waals surface area contributed by atoms with Gasteiger partial charge in [0.1, 0.15) is 5.78 Å². The number of rotatable bonds is 13. The van der Waals surface area contributed by atoms with Gasteiger partial charge in [-0.3, -0.25) is 9.59 Å². The maximum absolute atomic E-state index is 12.2. The van der Waals surface area contributed by atoms with E-state index < -0.39 is 17.9 Å². The first-order chi connectivity index (χ1) is 12.5. The zero-order valence-corrected chi connectivity index (χ0v) is 16.0. The second-order valence-electron chi connectivity index (χ2n) is 7.48. The van der Waals surface area contributed by atoms with Crippen LogP contribution in [0.2, 0.25) is 0 Å². The number of unbranched alkanes of at least 4 members (excludes halogenated alkanes) is 5. The van der Waals surface area contributed by atoms with Crippen LogP contribution in [0.15, 0.2) is 11.6 Å². The Balaban J connectivity index is 2.60. The predicted molar refractivity (Wildman–Crippen MR) is 101 cm³/mol. The molecule has 0 aliphatic heterocycles. The molecule has 0 saturated heterocycles. The van der Waals surface area contributed by atoms with Gasteiger partial charge in [-0.2, -0.15) is 0 Å². The van der Waals surface area contributed by atoms with Crippen LogP contribution in [0.4, 0.5) is 0 Å². The number of carboxylic acids is 2. The molecule has 1 rings (SSSR count). The SMILES string of the molecule is CCCCCCCCC(=O)CC(C(=O)O)C(=CC1CCCCC1)C(=O)O. The molecule has 0 aromatic rings. The normalized spacial score (nSPS) is 17.0. The quantitative estimate of drug-likeness (QED) is 0.354. The Labute approximate surface area is 156 Å². The lowest BCUT2D eigenvalue weighted by Crippen LogP contribution is -2.25. The van der Waals surface area contributed by atoms with Crippen molar-refractivity contribution in [3.05, 3.63) is 11.6 Å². The van der Waals surface area contributed by atoms with Gasteiger partial charge in [0.25, 0.3) is 0 Å². The molecule has 0 amide bonds. The second kappa shape index (κ2) is 12.7. The third-order valence-corrected chi connectivity index (χ3v) is 5.23. The van der Waals surface area contributed by atoms with Crippen LogP contribution in [-0.4, -0.2) is 27.9 Å². The number of carboxylic acid groups (broad SMARTS) is 2. The van der Waals surface area contributed by atoms with E-state index in [4.69, 9.17) is 0 Å². The lowest BCUT2D eigenvalue weighted by molar-refractivity contribution is -0.145. The summed E-state index contributed by atoms with van der Waals surface area (Å²) < 4.78 is 0. The van der Waals surface area contributed by atoms with Gasteiger partial charge >= 0.3 is 11.9 Å². The summed E-state index contributed by atoms with van der Waals surface area (Å²) in [6.07, 6.45) is 13.1. The standard InChI is InChI=1S/C21H34O5/c1-2-3-4-5-6-10-13-17(22)15-19(21(25)26)18(20(23)24)14-16-11-8-7-9-12-16/h14,16,19H,2-13,15H2,1H3,(H,23,24)(H,25,26). The molecule has 148 valence electrons. The molecule has 1 unspecified atom stereocenters. The number of Topliss-reactive ketones (excluding diaryl/α,β-unsaturated/α-hetero) is 1. The molecule has 1 saturated carbocycles. The molecule has 0 aromatic heterocycles. The van der Waals surface area contributed by atoms with Gasteiger partial charge in [-0.1, -0.05) is 64.4 Å². The zero-order chi connectivity index (χ0) is 19.4. The molecule has 2 N–H and O–H groups in total. The fourth-order valence-electron chi connectivity index (χ4n) is 3.65. The van der Waals surface area contributed by atoms with Gasteiger partial charge in [-0.05, 0) is 25.2 Å². The highest BCUT2D eigenvalue weighted by Crippen LogP contribution is 2.28. The monoisotopic (exact) mass is 366 g/mol. The number of hydrogen-bond acceptors (Lipinski definition) is 3. The molecule has 1 aliphatic rings. The summed E-state index contributed by atoms with van der Waals surface area (Å²) in [6, 6.07) is 0. The van der Waals surface area contributed by atoms with Crippen molar-refractivity contribution in [1.82, 2.24) is 0 Å². The fourth-order valence-corrected chi connectivity index (χ4v) is 3.65. The summed E-state index contributed by atoms with van der Waals surface area (Å²) >= 11 is 0. The number of carbonyl (C=O) groups excluding carboxylic acids is 1. The van der Waals surface area contributed by atoms with Gasteiger partial charge in [0, 0.05) is 18.4 Å². The summed E-state index contributed by atoms with van der Waals surface area (Å²) in [4.78, 5) is 35.4. The Morgan fingerprint density at radius 3 is 2.15 bits per heavy atom. The van der Waals surface area contributed by atoms with Crippen LogP contribution in [0.5, 0.6) is 0 Å². The highest BCUT2D eigenvalue weighted by atomic mass is 16.4. The Morgan fingerprint density at radius 1 is 0.962 bits per heavy atom. The van der Waals surface area contributed by atoms with Gasteiger partial charge in [-0.25, -0.2) is 4.79 Å². The van der Waals surface area contributed by atoms with Crippen molar-refractivity contribution < 1.29 is 24.6 Å². The van der Waals surface area contributed by atoms with Crippen LogP contribution < -0.4 is 0 Å². The first kappa shape index (κ1) is 22.4. The lowest BCUT2D eigenvalue weighted by atomic mass is 9.84. The molecule has 0 heterocycles. The zero-order valence-electron chi connectivity index (χ0n) is 16.0. The molecule has 0 aromatic carbocycles. The Morgan fingerprint density at radius 2 is 1.58 bits per heavy atom. The van der Waals surface area contributed by atoms with Crippen LogP contribution >= 0.6 is 0 Å².